The van der Waals surface area contributed by atoms with Crippen LogP contribution in [-0.2, 0) is 9.53 Å². The van der Waals surface area contributed by atoms with Crippen LogP contribution in [0, 0.1) is 0 Å². The van der Waals surface area contributed by atoms with E-state index in [1.807, 2.05) is 0 Å². The third kappa shape index (κ3) is 2.88. The van der Waals surface area contributed by atoms with Crippen molar-refractivity contribution >= 4 is 5.91 Å². The third-order valence-electron chi connectivity index (χ3n) is 2.28. The lowest BCUT2D eigenvalue weighted by Crippen LogP contribution is -2.64. The minimum absolute atomic E-state index is 0.406. The van der Waals surface area contributed by atoms with Gasteiger partial charge in [0.25, 0.3) is 0 Å². The summed E-state index contributed by atoms with van der Waals surface area (Å²) in [5.74, 6) is -0.406. The summed E-state index contributed by atoms with van der Waals surface area (Å²) in [6.45, 7) is 0.736. The number of carbonyl (C=O) groups excluding carboxylic acids is 1. The van der Waals surface area contributed by atoms with Crippen LogP contribution in [0.3, 0.4) is 0 Å². The maximum atomic E-state index is 10.6. The van der Waals surface area contributed by atoms with Crippen molar-refractivity contribution in [1.82, 2.24) is 10.9 Å². The van der Waals surface area contributed by atoms with Crippen LogP contribution in [0.25, 0.3) is 0 Å². The second kappa shape index (κ2) is 5.53. The average molecular weight is 236 g/mol. The molecule has 0 bridgehead atoms. The molecule has 1 heterocycles. The highest BCUT2D eigenvalue weighted by Gasteiger charge is 2.43. The Hall–Kier alpha value is -0.770. The minimum Gasteiger partial charge on any atom is -0.394 e. The fourth-order valence-corrected chi connectivity index (χ4v) is 1.39. The summed E-state index contributed by atoms with van der Waals surface area (Å²) in [7, 11) is 0. The molecule has 16 heavy (non-hydrogen) atoms. The molecule has 5 atom stereocenters. The van der Waals surface area contributed by atoms with Crippen LogP contribution >= 0.6 is 0 Å². The van der Waals surface area contributed by atoms with Crippen molar-refractivity contribution in [2.45, 2.75) is 37.6 Å². The monoisotopic (exact) mass is 236 g/mol. The van der Waals surface area contributed by atoms with Crippen molar-refractivity contribution in [3.63, 3.8) is 0 Å². The van der Waals surface area contributed by atoms with Gasteiger partial charge in [0.05, 0.1) is 6.61 Å². The van der Waals surface area contributed by atoms with Gasteiger partial charge in [-0.25, -0.2) is 5.43 Å². The number of carbonyl (C=O) groups is 1. The molecule has 0 aromatic rings. The summed E-state index contributed by atoms with van der Waals surface area (Å²) in [5, 5.41) is 37.2. The van der Waals surface area contributed by atoms with Crippen LogP contribution in [0.15, 0.2) is 0 Å². The van der Waals surface area contributed by atoms with E-state index in [0.29, 0.717) is 0 Å². The average Bonchev–Trinajstić information content (AvgIpc) is 2.25. The van der Waals surface area contributed by atoms with Gasteiger partial charge in [0, 0.05) is 6.92 Å². The molecule has 8 heteroatoms. The molecule has 0 spiro atoms. The Balaban J connectivity index is 2.60. The molecule has 0 radical (unpaired) electrons. The summed E-state index contributed by atoms with van der Waals surface area (Å²) < 4.78 is 5.05. The molecule has 1 saturated heterocycles. The number of aliphatic hydroxyl groups excluding tert-OH is 4. The number of nitrogens with one attached hydrogen (secondary N) is 2. The van der Waals surface area contributed by atoms with Crippen molar-refractivity contribution in [3.05, 3.63) is 0 Å². The van der Waals surface area contributed by atoms with Crippen molar-refractivity contribution < 1.29 is 30.0 Å². The van der Waals surface area contributed by atoms with Gasteiger partial charge in [-0.1, -0.05) is 0 Å². The molecular formula is C8H16N2O6. The van der Waals surface area contributed by atoms with E-state index in [1.165, 1.54) is 6.92 Å². The Labute approximate surface area is 91.8 Å². The van der Waals surface area contributed by atoms with Gasteiger partial charge in [-0.2, -0.15) is 0 Å². The largest absolute Gasteiger partial charge is 0.394 e. The fourth-order valence-electron chi connectivity index (χ4n) is 1.39. The predicted molar refractivity (Wildman–Crippen MR) is 50.7 cm³/mol. The molecule has 1 fully saturated rings. The molecule has 1 amide bonds. The summed E-state index contributed by atoms with van der Waals surface area (Å²) in [5.41, 5.74) is 4.51. The number of rotatable bonds is 3. The fraction of sp³-hybridized carbons (Fsp3) is 0.875. The first kappa shape index (κ1) is 13.3. The number of aliphatic hydroxyl groups is 4. The zero-order valence-electron chi connectivity index (χ0n) is 8.70. The first-order valence-corrected chi connectivity index (χ1v) is 4.80. The van der Waals surface area contributed by atoms with Gasteiger partial charge in [0.2, 0.25) is 5.91 Å². The van der Waals surface area contributed by atoms with Gasteiger partial charge >= 0.3 is 0 Å². The van der Waals surface area contributed by atoms with Crippen molar-refractivity contribution in [1.29, 1.82) is 0 Å². The topological polar surface area (TPSA) is 131 Å². The quantitative estimate of drug-likeness (QED) is 0.279. The van der Waals surface area contributed by atoms with Crippen LogP contribution in [0.2, 0.25) is 0 Å². The summed E-state index contributed by atoms with van der Waals surface area (Å²) in [6, 6.07) is 0. The molecule has 6 N–H and O–H groups in total. The van der Waals surface area contributed by atoms with E-state index in [1.54, 1.807) is 0 Å². The SMILES string of the molecule is CC(=O)NN[C@@H]1O[C@H](CO)[C@H](O)[C@H](O)[C@H]1O. The Morgan fingerprint density at radius 1 is 1.25 bits per heavy atom. The normalized spacial score (nSPS) is 39.4. The van der Waals surface area contributed by atoms with E-state index in [0.717, 1.165) is 0 Å². The summed E-state index contributed by atoms with van der Waals surface area (Å²) >= 11 is 0. The highest BCUT2D eigenvalue weighted by Crippen LogP contribution is 2.19. The smallest absolute Gasteiger partial charge is 0.231 e. The van der Waals surface area contributed by atoms with E-state index in [9.17, 15) is 20.1 Å². The van der Waals surface area contributed by atoms with Gasteiger partial charge in [0.15, 0.2) is 6.23 Å². The van der Waals surface area contributed by atoms with Gasteiger partial charge in [-0.15, -0.1) is 0 Å². The van der Waals surface area contributed by atoms with E-state index in [4.69, 9.17) is 9.84 Å². The lowest BCUT2D eigenvalue weighted by atomic mass is 9.99. The number of hydrogen-bond acceptors (Lipinski definition) is 7. The number of amides is 1. The zero-order valence-corrected chi connectivity index (χ0v) is 8.70. The second-order valence-electron chi connectivity index (χ2n) is 3.58. The summed E-state index contributed by atoms with van der Waals surface area (Å²) in [6.07, 6.45) is -6.37. The first-order valence-electron chi connectivity index (χ1n) is 4.80. The van der Waals surface area contributed by atoms with Crippen LogP contribution in [-0.4, -0.2) is 63.6 Å². The Morgan fingerprint density at radius 2 is 1.88 bits per heavy atom. The van der Waals surface area contributed by atoms with Crippen LogP contribution in [0.1, 0.15) is 6.92 Å². The highest BCUT2D eigenvalue weighted by atomic mass is 16.6. The molecule has 0 aliphatic carbocycles. The lowest BCUT2D eigenvalue weighted by molar-refractivity contribution is -0.238. The van der Waals surface area contributed by atoms with E-state index in [2.05, 4.69) is 10.9 Å². The molecule has 94 valence electrons. The van der Waals surface area contributed by atoms with Gasteiger partial charge in [0.1, 0.15) is 24.4 Å². The second-order valence-corrected chi connectivity index (χ2v) is 3.58. The maximum Gasteiger partial charge on any atom is 0.231 e. The van der Waals surface area contributed by atoms with E-state index < -0.39 is 43.2 Å². The van der Waals surface area contributed by atoms with Gasteiger partial charge < -0.3 is 25.2 Å². The molecule has 0 aromatic carbocycles. The van der Waals surface area contributed by atoms with Gasteiger partial charge in [-0.05, 0) is 0 Å². The van der Waals surface area contributed by atoms with Crippen molar-refractivity contribution in [3.8, 4) is 0 Å². The van der Waals surface area contributed by atoms with E-state index >= 15 is 0 Å². The molecule has 1 rings (SSSR count). The minimum atomic E-state index is -1.46. The third-order valence-corrected chi connectivity index (χ3v) is 2.28. The van der Waals surface area contributed by atoms with Crippen molar-refractivity contribution in [2.24, 2.45) is 0 Å². The standard InChI is InChI=1S/C8H16N2O6/c1-3(12)9-10-8-7(15)6(14)5(13)4(2-11)16-8/h4-8,10-11,13-15H,2H2,1H3,(H,9,12)/t4-,5+,6+,7-,8-/m1/s1. The Morgan fingerprint density at radius 3 is 2.38 bits per heavy atom. The first-order chi connectivity index (χ1) is 7.47. The van der Waals surface area contributed by atoms with Crippen LogP contribution in [0.4, 0.5) is 0 Å². The number of ether oxygens (including phenoxy) is 1. The predicted octanol–water partition coefficient (Wildman–Crippen LogP) is -3.57. The van der Waals surface area contributed by atoms with E-state index in [-0.39, 0.29) is 0 Å². The molecule has 1 aliphatic heterocycles. The van der Waals surface area contributed by atoms with Crippen LogP contribution in [0.5, 0.6) is 0 Å². The van der Waals surface area contributed by atoms with Crippen LogP contribution < -0.4 is 10.9 Å². The van der Waals surface area contributed by atoms with Gasteiger partial charge in [-0.3, -0.25) is 10.2 Å². The molecular weight excluding hydrogens is 220 g/mol. The Kier molecular flexibility index (Phi) is 4.59. The Bertz CT molecular complexity index is 249. The molecule has 0 saturated carbocycles. The zero-order chi connectivity index (χ0) is 12.3. The summed E-state index contributed by atoms with van der Waals surface area (Å²) in [4.78, 5) is 10.6. The molecule has 8 nitrogen and oxygen atoms in total. The molecule has 0 aromatic heterocycles. The molecule has 0 unspecified atom stereocenters. The highest BCUT2D eigenvalue weighted by molar-refractivity contribution is 5.72. The molecule has 1 aliphatic rings. The maximum absolute atomic E-state index is 10.6. The van der Waals surface area contributed by atoms with Crippen molar-refractivity contribution in [2.75, 3.05) is 6.61 Å². The number of hydrazine groups is 1. The lowest BCUT2D eigenvalue weighted by Gasteiger charge is -2.40. The number of hydrogen-bond donors (Lipinski definition) is 6.